The van der Waals surface area contributed by atoms with Gasteiger partial charge in [-0.15, -0.1) is 0 Å². The second kappa shape index (κ2) is 7.48. The molecule has 0 unspecified atom stereocenters. The fourth-order valence-electron chi connectivity index (χ4n) is 3.61. The number of para-hydroxylation sites is 1. The number of aromatic nitrogens is 3. The quantitative estimate of drug-likeness (QED) is 0.769. The van der Waals surface area contributed by atoms with Gasteiger partial charge in [-0.3, -0.25) is 4.90 Å². The highest BCUT2D eigenvalue weighted by atomic mass is 16.3. The van der Waals surface area contributed by atoms with Crippen LogP contribution in [0.2, 0.25) is 0 Å². The van der Waals surface area contributed by atoms with Crippen molar-refractivity contribution in [3.8, 4) is 5.75 Å². The second-order valence-corrected chi connectivity index (χ2v) is 7.03. The number of anilines is 1. The molecule has 4 rings (SSSR count). The van der Waals surface area contributed by atoms with Crippen LogP contribution in [-0.4, -0.2) is 51.1 Å². The fourth-order valence-corrected chi connectivity index (χ4v) is 3.61. The number of phenols is 1. The summed E-state index contributed by atoms with van der Waals surface area (Å²) in [5.41, 5.74) is 2.88. The molecule has 2 aromatic heterocycles. The zero-order valence-electron chi connectivity index (χ0n) is 15.9. The minimum atomic E-state index is 0.241. The summed E-state index contributed by atoms with van der Waals surface area (Å²) in [5.74, 6) is 2.15. The summed E-state index contributed by atoms with van der Waals surface area (Å²) >= 11 is 0. The van der Waals surface area contributed by atoms with Gasteiger partial charge < -0.3 is 10.0 Å². The van der Waals surface area contributed by atoms with Crippen molar-refractivity contribution in [3.05, 3.63) is 53.6 Å². The van der Waals surface area contributed by atoms with Crippen LogP contribution in [0.3, 0.4) is 0 Å². The second-order valence-electron chi connectivity index (χ2n) is 7.03. The van der Waals surface area contributed by atoms with E-state index in [2.05, 4.69) is 37.7 Å². The third-order valence-electron chi connectivity index (χ3n) is 5.16. The number of rotatable bonds is 4. The largest absolute Gasteiger partial charge is 0.506 e. The molecule has 6 heteroatoms. The van der Waals surface area contributed by atoms with E-state index in [1.807, 2.05) is 31.3 Å². The Morgan fingerprint density at radius 3 is 2.63 bits per heavy atom. The van der Waals surface area contributed by atoms with Crippen LogP contribution >= 0.6 is 0 Å². The van der Waals surface area contributed by atoms with Gasteiger partial charge in [-0.25, -0.2) is 15.0 Å². The van der Waals surface area contributed by atoms with Gasteiger partial charge >= 0.3 is 0 Å². The van der Waals surface area contributed by atoms with Crippen LogP contribution in [0.5, 0.6) is 5.75 Å². The molecule has 0 aliphatic carbocycles. The lowest BCUT2D eigenvalue weighted by Crippen LogP contribution is -2.46. The van der Waals surface area contributed by atoms with E-state index in [0.29, 0.717) is 5.52 Å². The van der Waals surface area contributed by atoms with Gasteiger partial charge in [0.25, 0.3) is 0 Å². The topological polar surface area (TPSA) is 65.4 Å². The molecule has 1 aliphatic heterocycles. The Balaban J connectivity index is 1.44. The smallest absolute Gasteiger partial charge is 0.141 e. The number of aryl methyl sites for hydroxylation is 2. The number of aromatic hydroxyl groups is 1. The van der Waals surface area contributed by atoms with E-state index in [1.54, 1.807) is 6.07 Å². The molecule has 3 aromatic rings. The maximum Gasteiger partial charge on any atom is 0.141 e. The van der Waals surface area contributed by atoms with Crippen molar-refractivity contribution in [2.75, 3.05) is 31.1 Å². The Labute approximate surface area is 159 Å². The molecule has 0 bridgehead atoms. The maximum atomic E-state index is 10.0. The third kappa shape index (κ3) is 3.71. The predicted molar refractivity (Wildman–Crippen MR) is 107 cm³/mol. The van der Waals surface area contributed by atoms with Gasteiger partial charge in [-0.2, -0.15) is 0 Å². The average molecular weight is 363 g/mol. The highest BCUT2D eigenvalue weighted by Crippen LogP contribution is 2.24. The van der Waals surface area contributed by atoms with Gasteiger partial charge in [0.05, 0.1) is 5.69 Å². The van der Waals surface area contributed by atoms with E-state index < -0.39 is 0 Å². The number of nitrogens with zero attached hydrogens (tertiary/aromatic N) is 5. The summed E-state index contributed by atoms with van der Waals surface area (Å²) in [7, 11) is 0. The lowest BCUT2D eigenvalue weighted by molar-refractivity contribution is 0.246. The standard InChI is InChI=1S/C21H25N5O/c1-3-16-13-22-15(2)23-21(16)26-11-9-25(10-12-26)14-18-8-7-17-5-4-6-19(27)20(17)24-18/h4-8,13,27H,3,9-12,14H2,1-2H3. The van der Waals surface area contributed by atoms with Crippen LogP contribution in [0.25, 0.3) is 10.9 Å². The van der Waals surface area contributed by atoms with Crippen LogP contribution in [0.4, 0.5) is 5.82 Å². The zero-order valence-corrected chi connectivity index (χ0v) is 15.9. The molecule has 1 saturated heterocycles. The molecule has 1 N–H and O–H groups in total. The van der Waals surface area contributed by atoms with Crippen molar-refractivity contribution in [3.63, 3.8) is 0 Å². The fraction of sp³-hybridized carbons (Fsp3) is 0.381. The van der Waals surface area contributed by atoms with Gasteiger partial charge in [0.15, 0.2) is 0 Å². The minimum Gasteiger partial charge on any atom is -0.506 e. The Morgan fingerprint density at radius 2 is 1.85 bits per heavy atom. The third-order valence-corrected chi connectivity index (χ3v) is 5.16. The molecule has 0 amide bonds. The molecule has 3 heterocycles. The monoisotopic (exact) mass is 363 g/mol. The van der Waals surface area contributed by atoms with Gasteiger partial charge in [0, 0.05) is 49.9 Å². The summed E-state index contributed by atoms with van der Waals surface area (Å²) < 4.78 is 0. The van der Waals surface area contributed by atoms with E-state index in [0.717, 1.165) is 61.9 Å². The SMILES string of the molecule is CCc1cnc(C)nc1N1CCN(Cc2ccc3cccc(O)c3n2)CC1. The number of hydrogen-bond donors (Lipinski definition) is 1. The van der Waals surface area contributed by atoms with Gasteiger partial charge in [0.1, 0.15) is 22.9 Å². The van der Waals surface area contributed by atoms with Crippen LogP contribution in [0, 0.1) is 6.92 Å². The summed E-state index contributed by atoms with van der Waals surface area (Å²) in [6.45, 7) is 8.71. The van der Waals surface area contributed by atoms with E-state index in [4.69, 9.17) is 0 Å². The lowest BCUT2D eigenvalue weighted by atomic mass is 10.1. The minimum absolute atomic E-state index is 0.241. The number of fused-ring (bicyclic) bond motifs is 1. The van der Waals surface area contributed by atoms with Gasteiger partial charge in [-0.1, -0.05) is 25.1 Å². The molecule has 0 radical (unpaired) electrons. The van der Waals surface area contributed by atoms with Crippen molar-refractivity contribution in [1.82, 2.24) is 19.9 Å². The Hall–Kier alpha value is -2.73. The highest BCUT2D eigenvalue weighted by molar-refractivity contribution is 5.84. The van der Waals surface area contributed by atoms with Crippen LogP contribution in [-0.2, 0) is 13.0 Å². The molecule has 0 spiro atoms. The summed E-state index contributed by atoms with van der Waals surface area (Å²) in [6.07, 6.45) is 2.90. The van der Waals surface area contributed by atoms with Crippen molar-refractivity contribution in [1.29, 1.82) is 0 Å². The maximum absolute atomic E-state index is 10.0. The first-order valence-electron chi connectivity index (χ1n) is 9.51. The van der Waals surface area contributed by atoms with E-state index >= 15 is 0 Å². The molecule has 1 fully saturated rings. The normalized spacial score (nSPS) is 15.4. The van der Waals surface area contributed by atoms with Crippen LogP contribution in [0.1, 0.15) is 24.0 Å². The predicted octanol–water partition coefficient (Wildman–Crippen LogP) is 2.92. The van der Waals surface area contributed by atoms with Crippen molar-refractivity contribution in [2.45, 2.75) is 26.8 Å². The van der Waals surface area contributed by atoms with Crippen LogP contribution < -0.4 is 4.90 Å². The molecule has 0 saturated carbocycles. The lowest BCUT2D eigenvalue weighted by Gasteiger charge is -2.36. The Kier molecular flexibility index (Phi) is 4.90. The number of phenolic OH excluding ortho intramolecular Hbond substituents is 1. The van der Waals surface area contributed by atoms with Crippen molar-refractivity contribution < 1.29 is 5.11 Å². The van der Waals surface area contributed by atoms with Crippen LogP contribution in [0.15, 0.2) is 36.5 Å². The molecule has 6 nitrogen and oxygen atoms in total. The molecule has 27 heavy (non-hydrogen) atoms. The first-order valence-corrected chi connectivity index (χ1v) is 9.51. The Morgan fingerprint density at radius 1 is 1.04 bits per heavy atom. The average Bonchev–Trinajstić information content (AvgIpc) is 2.69. The summed E-state index contributed by atoms with van der Waals surface area (Å²) in [4.78, 5) is 18.4. The van der Waals surface area contributed by atoms with Crippen molar-refractivity contribution >= 4 is 16.7 Å². The molecular formula is C21H25N5O. The number of pyridine rings is 1. The Bertz CT molecular complexity index is 950. The molecule has 140 valence electrons. The van der Waals surface area contributed by atoms with E-state index in [-0.39, 0.29) is 5.75 Å². The summed E-state index contributed by atoms with van der Waals surface area (Å²) in [6, 6.07) is 9.59. The molecule has 1 aromatic carbocycles. The number of hydrogen-bond acceptors (Lipinski definition) is 6. The summed E-state index contributed by atoms with van der Waals surface area (Å²) in [5, 5.41) is 11.0. The highest BCUT2D eigenvalue weighted by Gasteiger charge is 2.21. The van der Waals surface area contributed by atoms with Crippen molar-refractivity contribution in [2.24, 2.45) is 0 Å². The molecular weight excluding hydrogens is 338 g/mol. The van der Waals surface area contributed by atoms with E-state index in [9.17, 15) is 5.11 Å². The molecule has 1 aliphatic rings. The van der Waals surface area contributed by atoms with Gasteiger partial charge in [0.2, 0.25) is 0 Å². The first kappa shape index (κ1) is 17.7. The number of piperazine rings is 1. The first-order chi connectivity index (χ1) is 13.1. The van der Waals surface area contributed by atoms with Gasteiger partial charge in [-0.05, 0) is 25.5 Å². The zero-order chi connectivity index (χ0) is 18.8. The molecule has 0 atom stereocenters. The number of benzene rings is 1. The van der Waals surface area contributed by atoms with E-state index in [1.165, 1.54) is 5.56 Å².